The van der Waals surface area contributed by atoms with E-state index in [4.69, 9.17) is 0 Å². The van der Waals surface area contributed by atoms with Crippen molar-refractivity contribution in [3.05, 3.63) is 18.2 Å². The Hall–Kier alpha value is -0.830. The molecule has 1 atom stereocenters. The summed E-state index contributed by atoms with van der Waals surface area (Å²) in [6.07, 6.45) is 7.48. The lowest BCUT2D eigenvalue weighted by atomic mass is 10.0. The highest BCUT2D eigenvalue weighted by Crippen LogP contribution is 2.10. The summed E-state index contributed by atoms with van der Waals surface area (Å²) in [4.78, 5) is 4.43. The van der Waals surface area contributed by atoms with E-state index in [-0.39, 0.29) is 0 Å². The van der Waals surface area contributed by atoms with Gasteiger partial charge >= 0.3 is 0 Å². The third kappa shape index (κ3) is 4.04. The minimum absolute atomic E-state index is 0.704. The summed E-state index contributed by atoms with van der Waals surface area (Å²) < 4.78 is 2.27. The molecule has 0 spiro atoms. The summed E-state index contributed by atoms with van der Waals surface area (Å²) in [6, 6.07) is 0. The van der Waals surface area contributed by atoms with Crippen LogP contribution in [0.4, 0.5) is 0 Å². The number of nitrogens with one attached hydrogen (secondary N) is 1. The largest absolute Gasteiger partial charge is 0.335 e. The monoisotopic (exact) mass is 209 g/mol. The Morgan fingerprint density at radius 1 is 1.53 bits per heavy atom. The molecule has 0 fully saturated rings. The smallest absolute Gasteiger partial charge is 0.108 e. The van der Waals surface area contributed by atoms with Crippen LogP contribution in [-0.4, -0.2) is 23.1 Å². The van der Waals surface area contributed by atoms with Crippen molar-refractivity contribution in [1.82, 2.24) is 14.9 Å². The van der Waals surface area contributed by atoms with Crippen LogP contribution in [0.15, 0.2) is 12.4 Å². The molecular formula is C12H23N3. The predicted octanol–water partition coefficient (Wildman–Crippen LogP) is 2.08. The van der Waals surface area contributed by atoms with Crippen LogP contribution in [-0.2, 0) is 13.0 Å². The van der Waals surface area contributed by atoms with Crippen molar-refractivity contribution in [1.29, 1.82) is 0 Å². The number of aryl methyl sites for hydroxylation is 1. The SMILES string of the molecule is CCCn1ccnc1CC(C)CCNC. The van der Waals surface area contributed by atoms with Crippen LogP contribution >= 0.6 is 0 Å². The van der Waals surface area contributed by atoms with E-state index in [0.717, 1.165) is 19.5 Å². The lowest BCUT2D eigenvalue weighted by molar-refractivity contribution is 0.487. The minimum atomic E-state index is 0.704. The molecule has 15 heavy (non-hydrogen) atoms. The second-order valence-electron chi connectivity index (χ2n) is 4.24. The van der Waals surface area contributed by atoms with Crippen LogP contribution in [0, 0.1) is 5.92 Å². The molecule has 0 aliphatic rings. The van der Waals surface area contributed by atoms with Gasteiger partial charge in [0.1, 0.15) is 5.82 Å². The Morgan fingerprint density at radius 2 is 2.33 bits per heavy atom. The molecule has 0 aromatic carbocycles. The quantitative estimate of drug-likeness (QED) is 0.745. The first-order valence-corrected chi connectivity index (χ1v) is 5.92. The average molecular weight is 209 g/mol. The molecule has 3 nitrogen and oxygen atoms in total. The fourth-order valence-corrected chi connectivity index (χ4v) is 1.78. The van der Waals surface area contributed by atoms with Gasteiger partial charge < -0.3 is 9.88 Å². The highest BCUT2D eigenvalue weighted by atomic mass is 15.1. The van der Waals surface area contributed by atoms with E-state index < -0.39 is 0 Å². The van der Waals surface area contributed by atoms with Gasteiger partial charge in [-0.25, -0.2) is 4.98 Å². The van der Waals surface area contributed by atoms with Crippen molar-refractivity contribution in [2.75, 3.05) is 13.6 Å². The first-order chi connectivity index (χ1) is 7.27. The van der Waals surface area contributed by atoms with Crippen molar-refractivity contribution in [2.24, 2.45) is 5.92 Å². The van der Waals surface area contributed by atoms with E-state index in [2.05, 4.69) is 34.9 Å². The van der Waals surface area contributed by atoms with Crippen LogP contribution in [0.1, 0.15) is 32.5 Å². The van der Waals surface area contributed by atoms with Gasteiger partial charge in [0.15, 0.2) is 0 Å². The van der Waals surface area contributed by atoms with Crippen molar-refractivity contribution >= 4 is 0 Å². The summed E-state index contributed by atoms with van der Waals surface area (Å²) in [6.45, 7) is 6.68. The molecule has 0 bridgehead atoms. The molecule has 86 valence electrons. The lowest BCUT2D eigenvalue weighted by Gasteiger charge is -2.12. The zero-order chi connectivity index (χ0) is 11.1. The second kappa shape index (κ2) is 6.62. The minimum Gasteiger partial charge on any atom is -0.335 e. The Labute approximate surface area is 92.9 Å². The lowest BCUT2D eigenvalue weighted by Crippen LogP contribution is -2.14. The molecule has 3 heteroatoms. The molecule has 1 N–H and O–H groups in total. The van der Waals surface area contributed by atoms with E-state index in [1.165, 1.54) is 18.7 Å². The van der Waals surface area contributed by atoms with E-state index in [1.54, 1.807) is 0 Å². The third-order valence-corrected chi connectivity index (χ3v) is 2.68. The molecule has 1 aromatic heterocycles. The summed E-state index contributed by atoms with van der Waals surface area (Å²) in [5, 5.41) is 3.19. The number of nitrogens with zero attached hydrogens (tertiary/aromatic N) is 2. The van der Waals surface area contributed by atoms with Gasteiger partial charge in [-0.15, -0.1) is 0 Å². The molecule has 1 unspecified atom stereocenters. The summed E-state index contributed by atoms with van der Waals surface area (Å²) >= 11 is 0. The van der Waals surface area contributed by atoms with Gasteiger partial charge in [0.2, 0.25) is 0 Å². The van der Waals surface area contributed by atoms with Crippen LogP contribution in [0.5, 0.6) is 0 Å². The van der Waals surface area contributed by atoms with Crippen molar-refractivity contribution in [3.8, 4) is 0 Å². The molecule has 0 saturated carbocycles. The first kappa shape index (κ1) is 12.2. The van der Waals surface area contributed by atoms with Gasteiger partial charge in [-0.05, 0) is 32.4 Å². The van der Waals surface area contributed by atoms with E-state index in [1.807, 2.05) is 13.2 Å². The van der Waals surface area contributed by atoms with Gasteiger partial charge in [0.05, 0.1) is 0 Å². The van der Waals surface area contributed by atoms with Crippen molar-refractivity contribution in [3.63, 3.8) is 0 Å². The molecular weight excluding hydrogens is 186 g/mol. The Morgan fingerprint density at radius 3 is 3.00 bits per heavy atom. The Kier molecular flexibility index (Phi) is 5.40. The summed E-state index contributed by atoms with van der Waals surface area (Å²) in [7, 11) is 2.00. The maximum absolute atomic E-state index is 4.43. The molecule has 0 aliphatic carbocycles. The molecule has 0 amide bonds. The third-order valence-electron chi connectivity index (χ3n) is 2.68. The van der Waals surface area contributed by atoms with Gasteiger partial charge in [-0.3, -0.25) is 0 Å². The standard InChI is InChI=1S/C12H23N3/c1-4-8-15-9-7-14-12(15)10-11(2)5-6-13-3/h7,9,11,13H,4-6,8,10H2,1-3H3. The van der Waals surface area contributed by atoms with Crippen LogP contribution < -0.4 is 5.32 Å². The van der Waals surface area contributed by atoms with Crippen LogP contribution in [0.2, 0.25) is 0 Å². The van der Waals surface area contributed by atoms with E-state index in [0.29, 0.717) is 5.92 Å². The second-order valence-corrected chi connectivity index (χ2v) is 4.24. The van der Waals surface area contributed by atoms with Crippen LogP contribution in [0.25, 0.3) is 0 Å². The normalized spacial score (nSPS) is 13.0. The molecule has 0 radical (unpaired) electrons. The zero-order valence-corrected chi connectivity index (χ0v) is 10.2. The van der Waals surface area contributed by atoms with Crippen LogP contribution in [0.3, 0.4) is 0 Å². The molecule has 1 aromatic rings. The zero-order valence-electron chi connectivity index (χ0n) is 10.2. The molecule has 1 rings (SSSR count). The number of hydrogen-bond acceptors (Lipinski definition) is 2. The van der Waals surface area contributed by atoms with Gasteiger partial charge in [0, 0.05) is 25.4 Å². The fourth-order valence-electron chi connectivity index (χ4n) is 1.78. The molecule has 1 heterocycles. The average Bonchev–Trinajstić information content (AvgIpc) is 2.63. The highest BCUT2D eigenvalue weighted by molar-refractivity contribution is 4.93. The van der Waals surface area contributed by atoms with Crippen molar-refractivity contribution < 1.29 is 0 Å². The van der Waals surface area contributed by atoms with E-state index in [9.17, 15) is 0 Å². The Bertz CT molecular complexity index is 268. The predicted molar refractivity (Wildman–Crippen MR) is 63.9 cm³/mol. The number of imidazole rings is 1. The van der Waals surface area contributed by atoms with Gasteiger partial charge in [0.25, 0.3) is 0 Å². The Balaban J connectivity index is 2.44. The van der Waals surface area contributed by atoms with E-state index >= 15 is 0 Å². The maximum Gasteiger partial charge on any atom is 0.108 e. The molecule has 0 saturated heterocycles. The summed E-state index contributed by atoms with van der Waals surface area (Å²) in [5.41, 5.74) is 0. The number of hydrogen-bond donors (Lipinski definition) is 1. The van der Waals surface area contributed by atoms with Gasteiger partial charge in [-0.2, -0.15) is 0 Å². The number of aromatic nitrogens is 2. The number of rotatable bonds is 7. The maximum atomic E-state index is 4.43. The van der Waals surface area contributed by atoms with Gasteiger partial charge in [-0.1, -0.05) is 13.8 Å². The van der Waals surface area contributed by atoms with Crippen molar-refractivity contribution in [2.45, 2.75) is 39.7 Å². The first-order valence-electron chi connectivity index (χ1n) is 5.92. The highest BCUT2D eigenvalue weighted by Gasteiger charge is 2.07. The molecule has 0 aliphatic heterocycles. The summed E-state index contributed by atoms with van der Waals surface area (Å²) in [5.74, 6) is 1.94. The fraction of sp³-hybridized carbons (Fsp3) is 0.750. The topological polar surface area (TPSA) is 29.9 Å².